The number of hydrogen-bond acceptors (Lipinski definition) is 3. The monoisotopic (exact) mass is 259 g/mol. The third-order valence-electron chi connectivity index (χ3n) is 3.33. The van der Waals surface area contributed by atoms with Crippen LogP contribution in [0.15, 0.2) is 18.3 Å². The summed E-state index contributed by atoms with van der Waals surface area (Å²) in [6, 6.07) is 3.65. The van der Waals surface area contributed by atoms with Gasteiger partial charge in [0, 0.05) is 25.8 Å². The number of nitrogens with two attached hydrogens (primary N) is 1. The SMILES string of the molecule is NCc1ccnc(N2CCC(C(F)(F)F)CC2)c1. The molecule has 0 spiro atoms. The van der Waals surface area contributed by atoms with Crippen molar-refractivity contribution in [2.45, 2.75) is 25.6 Å². The van der Waals surface area contributed by atoms with Crippen molar-refractivity contribution in [3.63, 3.8) is 0 Å². The average molecular weight is 259 g/mol. The number of rotatable bonds is 2. The van der Waals surface area contributed by atoms with Crippen LogP contribution in [0.1, 0.15) is 18.4 Å². The fourth-order valence-electron chi connectivity index (χ4n) is 2.20. The number of piperidine rings is 1. The molecule has 2 rings (SSSR count). The molecule has 1 aromatic heterocycles. The Hall–Kier alpha value is -1.30. The smallest absolute Gasteiger partial charge is 0.357 e. The topological polar surface area (TPSA) is 42.1 Å². The van der Waals surface area contributed by atoms with E-state index in [2.05, 4.69) is 4.98 Å². The van der Waals surface area contributed by atoms with Crippen LogP contribution in [0, 0.1) is 5.92 Å². The Labute approximate surface area is 104 Å². The van der Waals surface area contributed by atoms with Gasteiger partial charge in [0.05, 0.1) is 5.92 Å². The molecule has 1 aliphatic rings. The summed E-state index contributed by atoms with van der Waals surface area (Å²) in [5.41, 5.74) is 6.47. The molecule has 0 saturated carbocycles. The minimum absolute atomic E-state index is 0.137. The first-order chi connectivity index (χ1) is 8.50. The lowest BCUT2D eigenvalue weighted by molar-refractivity contribution is -0.179. The zero-order chi connectivity index (χ0) is 13.2. The van der Waals surface area contributed by atoms with Crippen LogP contribution in [-0.2, 0) is 6.54 Å². The number of aromatic nitrogens is 1. The van der Waals surface area contributed by atoms with E-state index in [9.17, 15) is 13.2 Å². The maximum atomic E-state index is 12.5. The molecule has 100 valence electrons. The van der Waals surface area contributed by atoms with Crippen LogP contribution in [0.2, 0.25) is 0 Å². The van der Waals surface area contributed by atoms with Gasteiger partial charge < -0.3 is 10.6 Å². The largest absolute Gasteiger partial charge is 0.391 e. The normalized spacial score (nSPS) is 18.1. The van der Waals surface area contributed by atoms with E-state index >= 15 is 0 Å². The van der Waals surface area contributed by atoms with Crippen molar-refractivity contribution in [1.82, 2.24) is 4.98 Å². The molecule has 0 aliphatic carbocycles. The molecular weight excluding hydrogens is 243 g/mol. The second-order valence-electron chi connectivity index (χ2n) is 4.53. The molecule has 3 nitrogen and oxygen atoms in total. The lowest BCUT2D eigenvalue weighted by Crippen LogP contribution is -2.39. The van der Waals surface area contributed by atoms with Crippen molar-refractivity contribution in [2.75, 3.05) is 18.0 Å². The van der Waals surface area contributed by atoms with Gasteiger partial charge in [0.1, 0.15) is 5.82 Å². The van der Waals surface area contributed by atoms with E-state index in [1.807, 2.05) is 17.0 Å². The predicted molar refractivity (Wildman–Crippen MR) is 63.1 cm³/mol. The van der Waals surface area contributed by atoms with Crippen molar-refractivity contribution < 1.29 is 13.2 Å². The molecule has 6 heteroatoms. The second kappa shape index (κ2) is 5.14. The minimum Gasteiger partial charge on any atom is -0.357 e. The Morgan fingerprint density at radius 2 is 2.00 bits per heavy atom. The molecule has 0 aromatic carbocycles. The molecule has 0 radical (unpaired) electrons. The van der Waals surface area contributed by atoms with Gasteiger partial charge in [0.25, 0.3) is 0 Å². The maximum Gasteiger partial charge on any atom is 0.391 e. The first-order valence-electron chi connectivity index (χ1n) is 5.97. The fourth-order valence-corrected chi connectivity index (χ4v) is 2.20. The highest BCUT2D eigenvalue weighted by Gasteiger charge is 2.41. The Morgan fingerprint density at radius 1 is 1.33 bits per heavy atom. The van der Waals surface area contributed by atoms with Crippen LogP contribution >= 0.6 is 0 Å². The lowest BCUT2D eigenvalue weighted by Gasteiger charge is -2.33. The summed E-state index contributed by atoms with van der Waals surface area (Å²) in [7, 11) is 0. The van der Waals surface area contributed by atoms with E-state index in [1.165, 1.54) is 0 Å². The van der Waals surface area contributed by atoms with Crippen molar-refractivity contribution in [2.24, 2.45) is 11.7 Å². The van der Waals surface area contributed by atoms with Crippen molar-refractivity contribution in [3.8, 4) is 0 Å². The first kappa shape index (κ1) is 13.1. The van der Waals surface area contributed by atoms with Crippen LogP contribution < -0.4 is 10.6 Å². The summed E-state index contributed by atoms with van der Waals surface area (Å²) in [6.07, 6.45) is -2.15. The number of hydrogen-bond donors (Lipinski definition) is 1. The molecule has 18 heavy (non-hydrogen) atoms. The fraction of sp³-hybridized carbons (Fsp3) is 0.583. The van der Waals surface area contributed by atoms with Gasteiger partial charge in [0.2, 0.25) is 0 Å². The van der Waals surface area contributed by atoms with Crippen LogP contribution in [0.3, 0.4) is 0 Å². The summed E-state index contributed by atoms with van der Waals surface area (Å²) < 4.78 is 37.6. The van der Waals surface area contributed by atoms with Crippen molar-refractivity contribution in [1.29, 1.82) is 0 Å². The molecule has 0 unspecified atom stereocenters. The van der Waals surface area contributed by atoms with Gasteiger partial charge in [-0.05, 0) is 30.5 Å². The van der Waals surface area contributed by atoms with E-state index in [-0.39, 0.29) is 12.8 Å². The molecular formula is C12H16F3N3. The van der Waals surface area contributed by atoms with Crippen LogP contribution in [0.5, 0.6) is 0 Å². The standard InChI is InChI=1S/C12H16F3N3/c13-12(14,15)10-2-5-18(6-3-10)11-7-9(8-16)1-4-17-11/h1,4,7,10H,2-3,5-6,8,16H2. The second-order valence-corrected chi connectivity index (χ2v) is 4.53. The predicted octanol–water partition coefficient (Wildman–Crippen LogP) is 2.32. The molecule has 1 fully saturated rings. The zero-order valence-corrected chi connectivity index (χ0v) is 9.95. The van der Waals surface area contributed by atoms with Crippen molar-refractivity contribution >= 4 is 5.82 Å². The first-order valence-corrected chi connectivity index (χ1v) is 5.97. The highest BCUT2D eigenvalue weighted by molar-refractivity contribution is 5.41. The molecule has 0 bridgehead atoms. The number of halogens is 3. The van der Waals surface area contributed by atoms with E-state index in [4.69, 9.17) is 5.73 Å². The van der Waals surface area contributed by atoms with Gasteiger partial charge in [-0.25, -0.2) is 4.98 Å². The van der Waals surface area contributed by atoms with E-state index < -0.39 is 12.1 Å². The number of alkyl halides is 3. The highest BCUT2D eigenvalue weighted by Crippen LogP contribution is 2.35. The average Bonchev–Trinajstić information content (AvgIpc) is 2.38. The molecule has 1 aromatic rings. The Balaban J connectivity index is 2.01. The molecule has 1 saturated heterocycles. The van der Waals surface area contributed by atoms with Crippen molar-refractivity contribution in [3.05, 3.63) is 23.9 Å². The quantitative estimate of drug-likeness (QED) is 0.886. The third-order valence-corrected chi connectivity index (χ3v) is 3.33. The highest BCUT2D eigenvalue weighted by atomic mass is 19.4. The number of pyridine rings is 1. The molecule has 0 amide bonds. The number of anilines is 1. The maximum absolute atomic E-state index is 12.5. The molecule has 2 N–H and O–H groups in total. The Morgan fingerprint density at radius 3 is 2.56 bits per heavy atom. The Bertz CT molecular complexity index is 398. The van der Waals surface area contributed by atoms with Gasteiger partial charge in [-0.15, -0.1) is 0 Å². The lowest BCUT2D eigenvalue weighted by atomic mass is 9.96. The van der Waals surface area contributed by atoms with Crippen LogP contribution in [-0.4, -0.2) is 24.2 Å². The van der Waals surface area contributed by atoms with E-state index in [0.717, 1.165) is 11.4 Å². The minimum atomic E-state index is -4.07. The summed E-state index contributed by atoms with van der Waals surface area (Å²) in [4.78, 5) is 6.08. The van der Waals surface area contributed by atoms with Gasteiger partial charge in [0.15, 0.2) is 0 Å². The zero-order valence-electron chi connectivity index (χ0n) is 9.95. The van der Waals surface area contributed by atoms with Gasteiger partial charge in [-0.2, -0.15) is 13.2 Å². The summed E-state index contributed by atoms with van der Waals surface area (Å²) in [5.74, 6) is -0.454. The molecule has 1 aliphatic heterocycles. The van der Waals surface area contributed by atoms with Gasteiger partial charge in [-0.3, -0.25) is 0 Å². The van der Waals surface area contributed by atoms with Gasteiger partial charge >= 0.3 is 6.18 Å². The summed E-state index contributed by atoms with van der Waals surface area (Å²) in [6.45, 7) is 1.20. The van der Waals surface area contributed by atoms with E-state index in [1.54, 1.807) is 6.20 Å². The van der Waals surface area contributed by atoms with Crippen LogP contribution in [0.25, 0.3) is 0 Å². The summed E-state index contributed by atoms with van der Waals surface area (Å²) in [5, 5.41) is 0. The summed E-state index contributed by atoms with van der Waals surface area (Å²) >= 11 is 0. The van der Waals surface area contributed by atoms with E-state index in [0.29, 0.717) is 19.6 Å². The number of nitrogens with zero attached hydrogens (tertiary/aromatic N) is 2. The van der Waals surface area contributed by atoms with Gasteiger partial charge in [-0.1, -0.05) is 0 Å². The Kier molecular flexibility index (Phi) is 3.75. The van der Waals surface area contributed by atoms with Crippen LogP contribution in [0.4, 0.5) is 19.0 Å². The molecule has 2 heterocycles. The molecule has 0 atom stereocenters. The third kappa shape index (κ3) is 2.93.